The number of ether oxygens (including phenoxy) is 1. The molecule has 7 heteroatoms. The van der Waals surface area contributed by atoms with Gasteiger partial charge in [-0.2, -0.15) is 10.2 Å². The Kier molecular flexibility index (Phi) is 4.01. The minimum Gasteiger partial charge on any atom is -0.452 e. The summed E-state index contributed by atoms with van der Waals surface area (Å²) in [6.45, 7) is 0. The first-order valence-electron chi connectivity index (χ1n) is 6.80. The number of rotatable bonds is 3. The number of hydrogen-bond donors (Lipinski definition) is 0. The lowest BCUT2D eigenvalue weighted by Crippen LogP contribution is -2.25. The highest BCUT2D eigenvalue weighted by molar-refractivity contribution is 5.96. The first-order chi connectivity index (χ1) is 11.2. The van der Waals surface area contributed by atoms with Gasteiger partial charge in [0.15, 0.2) is 5.82 Å². The van der Waals surface area contributed by atoms with E-state index in [1.807, 2.05) is 6.07 Å². The summed E-state index contributed by atoms with van der Waals surface area (Å²) < 4.78 is 19.2. The van der Waals surface area contributed by atoms with Crippen LogP contribution in [0.1, 0.15) is 0 Å². The summed E-state index contributed by atoms with van der Waals surface area (Å²) >= 11 is 0. The fourth-order valence-electron chi connectivity index (χ4n) is 2.17. The van der Waals surface area contributed by atoms with E-state index >= 15 is 0 Å². The number of hydrogen-bond acceptors (Lipinski definition) is 4. The van der Waals surface area contributed by atoms with Crippen molar-refractivity contribution in [3.63, 3.8) is 0 Å². The quantitative estimate of drug-likeness (QED) is 0.744. The van der Waals surface area contributed by atoms with Crippen LogP contribution in [0.2, 0.25) is 0 Å². The Balaban J connectivity index is 2.04. The Bertz CT molecular complexity index is 806. The number of amides is 1. The summed E-state index contributed by atoms with van der Waals surface area (Å²) in [5, 5.41) is 7.78. The molecule has 0 fully saturated rings. The van der Waals surface area contributed by atoms with E-state index in [0.717, 1.165) is 0 Å². The minimum atomic E-state index is -0.611. The van der Waals surface area contributed by atoms with Gasteiger partial charge in [0.25, 0.3) is 0 Å². The molecule has 0 saturated heterocycles. The molecule has 0 saturated carbocycles. The average molecular weight is 312 g/mol. The molecule has 3 aromatic rings. The van der Waals surface area contributed by atoms with Crippen LogP contribution in [-0.2, 0) is 4.74 Å². The molecule has 1 aromatic heterocycles. The summed E-state index contributed by atoms with van der Waals surface area (Å²) in [7, 11) is 1.27. The summed E-state index contributed by atoms with van der Waals surface area (Å²) in [4.78, 5) is 14.5. The fourth-order valence-corrected chi connectivity index (χ4v) is 2.17. The Labute approximate surface area is 131 Å². The van der Waals surface area contributed by atoms with Gasteiger partial charge in [-0.05, 0) is 24.3 Å². The van der Waals surface area contributed by atoms with Crippen molar-refractivity contribution in [1.82, 2.24) is 15.0 Å². The maximum atomic E-state index is 14.4. The molecule has 116 valence electrons. The molecular weight excluding hydrogens is 299 g/mol. The Morgan fingerprint density at radius 2 is 1.78 bits per heavy atom. The molecule has 23 heavy (non-hydrogen) atoms. The smallest absolute Gasteiger partial charge is 0.418 e. The van der Waals surface area contributed by atoms with Crippen molar-refractivity contribution in [2.45, 2.75) is 0 Å². The summed E-state index contributed by atoms with van der Waals surface area (Å²) in [5.74, 6) is -0.552. The van der Waals surface area contributed by atoms with E-state index < -0.39 is 11.9 Å². The van der Waals surface area contributed by atoms with E-state index in [0.29, 0.717) is 11.4 Å². The van der Waals surface area contributed by atoms with Gasteiger partial charge in [0, 0.05) is 6.07 Å². The molecular formula is C16H13FN4O2. The molecule has 3 rings (SSSR count). The highest BCUT2D eigenvalue weighted by atomic mass is 19.1. The third kappa shape index (κ3) is 2.89. The summed E-state index contributed by atoms with van der Waals surface area (Å²) in [6, 6.07) is 13.2. The van der Waals surface area contributed by atoms with E-state index in [9.17, 15) is 9.18 Å². The Hall–Kier alpha value is -3.22. The van der Waals surface area contributed by atoms with E-state index in [-0.39, 0.29) is 5.69 Å². The van der Waals surface area contributed by atoms with Crippen LogP contribution in [-0.4, -0.2) is 28.2 Å². The van der Waals surface area contributed by atoms with Gasteiger partial charge in [0.1, 0.15) is 5.69 Å². The lowest BCUT2D eigenvalue weighted by molar-refractivity contribution is 0.181. The van der Waals surface area contributed by atoms with Gasteiger partial charge < -0.3 is 4.74 Å². The molecule has 1 heterocycles. The van der Waals surface area contributed by atoms with Crippen molar-refractivity contribution in [3.05, 3.63) is 66.7 Å². The van der Waals surface area contributed by atoms with Crippen LogP contribution in [0.15, 0.2) is 60.9 Å². The molecule has 0 radical (unpaired) electrons. The number of aromatic nitrogens is 3. The van der Waals surface area contributed by atoms with Crippen LogP contribution in [0.4, 0.5) is 20.6 Å². The number of anilines is 2. The van der Waals surface area contributed by atoms with E-state index in [4.69, 9.17) is 4.74 Å². The Morgan fingerprint density at radius 1 is 1.09 bits per heavy atom. The van der Waals surface area contributed by atoms with Crippen LogP contribution in [0.5, 0.6) is 0 Å². The molecule has 0 bridgehead atoms. The van der Waals surface area contributed by atoms with Crippen molar-refractivity contribution in [3.8, 4) is 5.69 Å². The molecule has 0 spiro atoms. The van der Waals surface area contributed by atoms with Crippen molar-refractivity contribution in [2.24, 2.45) is 0 Å². The van der Waals surface area contributed by atoms with Gasteiger partial charge in [-0.1, -0.05) is 18.2 Å². The van der Waals surface area contributed by atoms with Gasteiger partial charge in [0.2, 0.25) is 0 Å². The topological polar surface area (TPSA) is 60.2 Å². The first-order valence-corrected chi connectivity index (χ1v) is 6.80. The van der Waals surface area contributed by atoms with Crippen molar-refractivity contribution in [2.75, 3.05) is 12.0 Å². The number of benzene rings is 2. The highest BCUT2D eigenvalue weighted by Crippen LogP contribution is 2.28. The van der Waals surface area contributed by atoms with E-state index in [2.05, 4.69) is 10.2 Å². The van der Waals surface area contributed by atoms with Crippen LogP contribution in [0.3, 0.4) is 0 Å². The molecule has 0 atom stereocenters. The molecule has 0 aliphatic rings. The zero-order chi connectivity index (χ0) is 16.2. The molecule has 0 aliphatic heterocycles. The number of methoxy groups -OCH3 is 1. The SMILES string of the molecule is COC(=O)N(c1ccccc1)c1ccc(-n2nccn2)c(F)c1. The summed E-state index contributed by atoms with van der Waals surface area (Å²) in [6.07, 6.45) is 2.30. The number of para-hydroxylation sites is 1. The maximum absolute atomic E-state index is 14.4. The summed E-state index contributed by atoms with van der Waals surface area (Å²) in [5.41, 5.74) is 1.11. The van der Waals surface area contributed by atoms with Gasteiger partial charge >= 0.3 is 6.09 Å². The van der Waals surface area contributed by atoms with Crippen molar-refractivity contribution in [1.29, 1.82) is 0 Å². The number of halogens is 1. The van der Waals surface area contributed by atoms with Crippen LogP contribution in [0.25, 0.3) is 5.69 Å². The molecule has 0 N–H and O–H groups in total. The van der Waals surface area contributed by atoms with Gasteiger partial charge in [-0.3, -0.25) is 0 Å². The molecule has 1 amide bonds. The molecule has 0 aliphatic carbocycles. The molecule has 6 nitrogen and oxygen atoms in total. The lowest BCUT2D eigenvalue weighted by atomic mass is 10.2. The third-order valence-corrected chi connectivity index (χ3v) is 3.20. The Morgan fingerprint density at radius 3 is 2.39 bits per heavy atom. The number of nitrogens with zero attached hydrogens (tertiary/aromatic N) is 4. The largest absolute Gasteiger partial charge is 0.452 e. The van der Waals surface area contributed by atoms with Crippen LogP contribution >= 0.6 is 0 Å². The van der Waals surface area contributed by atoms with Crippen LogP contribution < -0.4 is 4.90 Å². The van der Waals surface area contributed by atoms with Crippen molar-refractivity contribution < 1.29 is 13.9 Å². The zero-order valence-corrected chi connectivity index (χ0v) is 12.3. The maximum Gasteiger partial charge on any atom is 0.418 e. The van der Waals surface area contributed by atoms with Gasteiger partial charge in [0.05, 0.1) is 30.9 Å². The van der Waals surface area contributed by atoms with E-state index in [1.165, 1.54) is 41.3 Å². The lowest BCUT2D eigenvalue weighted by Gasteiger charge is -2.21. The average Bonchev–Trinajstić information content (AvgIpc) is 3.10. The van der Waals surface area contributed by atoms with Crippen LogP contribution in [0, 0.1) is 5.82 Å². The normalized spacial score (nSPS) is 10.3. The molecule has 0 unspecified atom stereocenters. The monoisotopic (exact) mass is 312 g/mol. The standard InChI is InChI=1S/C16H13FN4O2/c1-23-16(22)20(12-5-3-2-4-6-12)13-7-8-15(14(17)11-13)21-18-9-10-19-21/h2-11H,1H3. The van der Waals surface area contributed by atoms with Gasteiger partial charge in [-0.25, -0.2) is 14.1 Å². The number of carbonyl (C=O) groups excluding carboxylic acids is 1. The third-order valence-electron chi connectivity index (χ3n) is 3.20. The second-order valence-corrected chi connectivity index (χ2v) is 4.60. The highest BCUT2D eigenvalue weighted by Gasteiger charge is 2.20. The molecule has 2 aromatic carbocycles. The second kappa shape index (κ2) is 6.27. The fraction of sp³-hybridized carbons (Fsp3) is 0.0625. The number of carbonyl (C=O) groups is 1. The zero-order valence-electron chi connectivity index (χ0n) is 12.3. The van der Waals surface area contributed by atoms with Crippen molar-refractivity contribution >= 4 is 17.5 Å². The second-order valence-electron chi connectivity index (χ2n) is 4.60. The first kappa shape index (κ1) is 14.7. The predicted octanol–water partition coefficient (Wildman–Crippen LogP) is 3.31. The van der Waals surface area contributed by atoms with Gasteiger partial charge in [-0.15, -0.1) is 4.80 Å². The predicted molar refractivity (Wildman–Crippen MR) is 82.3 cm³/mol. The van der Waals surface area contributed by atoms with E-state index in [1.54, 1.807) is 30.3 Å². The minimum absolute atomic E-state index is 0.191.